The number of carbonyl (C=O) groups is 1. The van der Waals surface area contributed by atoms with Crippen LogP contribution < -0.4 is 5.32 Å². The Bertz CT molecular complexity index is 384. The molecule has 4 heteroatoms. The van der Waals surface area contributed by atoms with Crippen LogP contribution in [0.25, 0.3) is 0 Å². The van der Waals surface area contributed by atoms with Gasteiger partial charge in [0, 0.05) is 19.3 Å². The zero-order valence-corrected chi connectivity index (χ0v) is 11.2. The molecule has 0 bridgehead atoms. The van der Waals surface area contributed by atoms with Crippen molar-refractivity contribution < 1.29 is 14.6 Å². The van der Waals surface area contributed by atoms with Crippen LogP contribution in [0.15, 0.2) is 18.2 Å². The van der Waals surface area contributed by atoms with Crippen molar-refractivity contribution in [2.24, 2.45) is 0 Å². The van der Waals surface area contributed by atoms with Crippen molar-refractivity contribution in [1.29, 1.82) is 0 Å². The second-order valence-corrected chi connectivity index (χ2v) is 4.51. The first kappa shape index (κ1) is 14.7. The fraction of sp³-hybridized carbons (Fsp3) is 0.500. The lowest BCUT2D eigenvalue weighted by Gasteiger charge is -2.16. The molecule has 1 aromatic rings. The molecule has 0 aromatic heterocycles. The molecule has 0 heterocycles. The van der Waals surface area contributed by atoms with E-state index in [9.17, 15) is 9.90 Å². The predicted molar refractivity (Wildman–Crippen MR) is 70.7 cm³/mol. The highest BCUT2D eigenvalue weighted by Gasteiger charge is 2.13. The van der Waals surface area contributed by atoms with Gasteiger partial charge in [0.15, 0.2) is 0 Å². The molecule has 1 unspecified atom stereocenters. The molecule has 0 spiro atoms. The Morgan fingerprint density at radius 3 is 2.44 bits per heavy atom. The van der Waals surface area contributed by atoms with Crippen molar-refractivity contribution in [2.75, 3.05) is 20.3 Å². The van der Waals surface area contributed by atoms with Crippen LogP contribution in [0.3, 0.4) is 0 Å². The highest BCUT2D eigenvalue weighted by atomic mass is 16.5. The third-order valence-corrected chi connectivity index (χ3v) is 2.71. The van der Waals surface area contributed by atoms with E-state index in [1.165, 1.54) is 0 Å². The van der Waals surface area contributed by atoms with E-state index in [0.29, 0.717) is 18.6 Å². The van der Waals surface area contributed by atoms with Crippen LogP contribution in [0.4, 0.5) is 0 Å². The van der Waals surface area contributed by atoms with Crippen molar-refractivity contribution in [3.8, 4) is 0 Å². The molecule has 0 radical (unpaired) electrons. The van der Waals surface area contributed by atoms with Crippen LogP contribution in [0.1, 0.15) is 27.9 Å². The normalized spacial score (nSPS) is 12.2. The molecule has 0 fully saturated rings. The first-order valence-corrected chi connectivity index (χ1v) is 6.05. The number of hydrogen-bond acceptors (Lipinski definition) is 3. The molecule has 4 nitrogen and oxygen atoms in total. The Morgan fingerprint density at radius 1 is 1.33 bits per heavy atom. The molecule has 18 heavy (non-hydrogen) atoms. The molecule has 1 amide bonds. The third kappa shape index (κ3) is 4.47. The van der Waals surface area contributed by atoms with Crippen LogP contribution in [0.5, 0.6) is 0 Å². The molecular weight excluding hydrogens is 230 g/mol. The number of benzene rings is 1. The van der Waals surface area contributed by atoms with Gasteiger partial charge in [-0.3, -0.25) is 4.79 Å². The number of rotatable bonds is 6. The lowest BCUT2D eigenvalue weighted by atomic mass is 10.1. The largest absolute Gasteiger partial charge is 0.394 e. The van der Waals surface area contributed by atoms with E-state index in [1.807, 2.05) is 32.0 Å². The van der Waals surface area contributed by atoms with E-state index >= 15 is 0 Å². The summed E-state index contributed by atoms with van der Waals surface area (Å²) in [6, 6.07) is 5.43. The van der Waals surface area contributed by atoms with Gasteiger partial charge in [-0.1, -0.05) is 17.2 Å². The molecule has 0 aliphatic rings. The summed E-state index contributed by atoms with van der Waals surface area (Å²) < 4.78 is 4.94. The Labute approximate surface area is 108 Å². The average Bonchev–Trinajstić information content (AvgIpc) is 2.32. The SMILES string of the molecule is COCCC(CO)NC(=O)c1cc(C)cc(C)c1. The minimum atomic E-state index is -0.265. The van der Waals surface area contributed by atoms with Crippen LogP contribution in [0.2, 0.25) is 0 Å². The minimum absolute atomic E-state index is 0.0834. The summed E-state index contributed by atoms with van der Waals surface area (Å²) in [6.45, 7) is 4.34. The van der Waals surface area contributed by atoms with Gasteiger partial charge in [-0.2, -0.15) is 0 Å². The van der Waals surface area contributed by atoms with E-state index < -0.39 is 0 Å². The molecule has 2 N–H and O–H groups in total. The summed E-state index contributed by atoms with van der Waals surface area (Å²) in [7, 11) is 1.60. The van der Waals surface area contributed by atoms with Crippen LogP contribution >= 0.6 is 0 Å². The number of methoxy groups -OCH3 is 1. The van der Waals surface area contributed by atoms with Gasteiger partial charge in [0.2, 0.25) is 0 Å². The van der Waals surface area contributed by atoms with Gasteiger partial charge < -0.3 is 15.2 Å². The number of hydrogen-bond donors (Lipinski definition) is 2. The van der Waals surface area contributed by atoms with Gasteiger partial charge in [-0.25, -0.2) is 0 Å². The van der Waals surface area contributed by atoms with E-state index in [1.54, 1.807) is 7.11 Å². The third-order valence-electron chi connectivity index (χ3n) is 2.71. The molecule has 0 aliphatic carbocycles. The van der Waals surface area contributed by atoms with E-state index in [2.05, 4.69) is 5.32 Å². The number of aryl methyl sites for hydroxylation is 2. The number of carbonyl (C=O) groups excluding carboxylic acids is 1. The summed E-state index contributed by atoms with van der Waals surface area (Å²) in [4.78, 5) is 12.0. The van der Waals surface area contributed by atoms with Crippen LogP contribution in [-0.2, 0) is 4.74 Å². The number of aliphatic hydroxyl groups is 1. The highest BCUT2D eigenvalue weighted by molar-refractivity contribution is 5.94. The van der Waals surface area contributed by atoms with E-state index in [4.69, 9.17) is 4.74 Å². The Kier molecular flexibility index (Phi) is 5.82. The Hall–Kier alpha value is -1.39. The van der Waals surface area contributed by atoms with Crippen molar-refractivity contribution in [3.63, 3.8) is 0 Å². The van der Waals surface area contributed by atoms with E-state index in [-0.39, 0.29) is 18.6 Å². The maximum absolute atomic E-state index is 12.0. The van der Waals surface area contributed by atoms with Gasteiger partial charge in [0.25, 0.3) is 5.91 Å². The number of aliphatic hydroxyl groups excluding tert-OH is 1. The topological polar surface area (TPSA) is 58.6 Å². The summed E-state index contributed by atoms with van der Waals surface area (Å²) >= 11 is 0. The van der Waals surface area contributed by atoms with E-state index in [0.717, 1.165) is 11.1 Å². The fourth-order valence-electron chi connectivity index (χ4n) is 1.84. The molecule has 0 saturated heterocycles. The van der Waals surface area contributed by atoms with Crippen molar-refractivity contribution >= 4 is 5.91 Å². The second kappa shape index (κ2) is 7.13. The highest BCUT2D eigenvalue weighted by Crippen LogP contribution is 2.09. The van der Waals surface area contributed by atoms with Gasteiger partial charge in [0.1, 0.15) is 0 Å². The summed E-state index contributed by atoms with van der Waals surface area (Å²) in [5, 5.41) is 12.0. The van der Waals surface area contributed by atoms with Crippen LogP contribution in [0, 0.1) is 13.8 Å². The van der Waals surface area contributed by atoms with Crippen molar-refractivity contribution in [1.82, 2.24) is 5.32 Å². The first-order valence-electron chi connectivity index (χ1n) is 6.05. The number of ether oxygens (including phenoxy) is 1. The van der Waals surface area contributed by atoms with Gasteiger partial charge in [-0.15, -0.1) is 0 Å². The van der Waals surface area contributed by atoms with Gasteiger partial charge in [-0.05, 0) is 32.4 Å². The molecule has 1 aromatic carbocycles. The molecule has 100 valence electrons. The Balaban J connectivity index is 2.68. The maximum atomic E-state index is 12.0. The standard InChI is InChI=1S/C14H21NO3/c1-10-6-11(2)8-12(7-10)14(17)15-13(9-16)4-5-18-3/h6-8,13,16H,4-5,9H2,1-3H3,(H,15,17). The lowest BCUT2D eigenvalue weighted by molar-refractivity contribution is 0.0894. The molecule has 1 rings (SSSR count). The zero-order valence-electron chi connectivity index (χ0n) is 11.2. The van der Waals surface area contributed by atoms with Crippen LogP contribution in [-0.4, -0.2) is 37.4 Å². The summed E-state index contributed by atoms with van der Waals surface area (Å²) in [5.74, 6) is -0.156. The second-order valence-electron chi connectivity index (χ2n) is 4.51. The number of amides is 1. The zero-order chi connectivity index (χ0) is 13.5. The van der Waals surface area contributed by atoms with Crippen molar-refractivity contribution in [2.45, 2.75) is 26.3 Å². The smallest absolute Gasteiger partial charge is 0.251 e. The average molecular weight is 251 g/mol. The molecule has 1 atom stereocenters. The van der Waals surface area contributed by atoms with Gasteiger partial charge in [0.05, 0.1) is 12.6 Å². The quantitative estimate of drug-likeness (QED) is 0.804. The first-order chi connectivity index (χ1) is 8.56. The molecular formula is C14H21NO3. The Morgan fingerprint density at radius 2 is 1.94 bits per heavy atom. The fourth-order valence-corrected chi connectivity index (χ4v) is 1.84. The predicted octanol–water partition coefficient (Wildman–Crippen LogP) is 1.43. The van der Waals surface area contributed by atoms with Crippen molar-refractivity contribution in [3.05, 3.63) is 34.9 Å². The minimum Gasteiger partial charge on any atom is -0.394 e. The molecule has 0 saturated carbocycles. The maximum Gasteiger partial charge on any atom is 0.251 e. The number of nitrogens with one attached hydrogen (secondary N) is 1. The molecule has 0 aliphatic heterocycles. The monoisotopic (exact) mass is 251 g/mol. The lowest BCUT2D eigenvalue weighted by Crippen LogP contribution is -2.38. The summed E-state index contributed by atoms with van der Waals surface area (Å²) in [6.07, 6.45) is 0.601. The summed E-state index contributed by atoms with van der Waals surface area (Å²) in [5.41, 5.74) is 2.73. The van der Waals surface area contributed by atoms with Gasteiger partial charge >= 0.3 is 0 Å².